The monoisotopic (exact) mass is 434 g/mol. The molecule has 1 aliphatic heterocycles. The Morgan fingerprint density at radius 2 is 1.90 bits per heavy atom. The van der Waals surface area contributed by atoms with E-state index in [1.807, 2.05) is 11.8 Å². The summed E-state index contributed by atoms with van der Waals surface area (Å²) >= 11 is 0. The average molecular weight is 435 g/mol. The zero-order valence-corrected chi connectivity index (χ0v) is 18.1. The highest BCUT2D eigenvalue weighted by molar-refractivity contribution is 5.80. The van der Waals surface area contributed by atoms with Gasteiger partial charge in [0.25, 0.3) is 0 Å². The molecule has 1 aromatic heterocycles. The van der Waals surface area contributed by atoms with Gasteiger partial charge in [-0.05, 0) is 51.7 Å². The van der Waals surface area contributed by atoms with Crippen LogP contribution in [0.1, 0.15) is 24.9 Å². The second-order valence-corrected chi connectivity index (χ2v) is 7.72. The van der Waals surface area contributed by atoms with Crippen LogP contribution in [0.5, 0.6) is 0 Å². The molecule has 1 saturated heterocycles. The van der Waals surface area contributed by atoms with Crippen LogP contribution >= 0.6 is 0 Å². The Hall–Kier alpha value is -2.81. The third kappa shape index (κ3) is 5.66. The smallest absolute Gasteiger partial charge is 0.191 e. The molecule has 6 nitrogen and oxygen atoms in total. The van der Waals surface area contributed by atoms with Crippen LogP contribution in [0.4, 0.5) is 19.0 Å². The van der Waals surface area contributed by atoms with Gasteiger partial charge in [0.15, 0.2) is 17.6 Å². The molecule has 0 amide bonds. The van der Waals surface area contributed by atoms with Crippen LogP contribution in [0.3, 0.4) is 0 Å². The topological polar surface area (TPSA) is 55.8 Å². The van der Waals surface area contributed by atoms with Crippen molar-refractivity contribution in [3.63, 3.8) is 0 Å². The lowest BCUT2D eigenvalue weighted by Crippen LogP contribution is -2.45. The van der Waals surface area contributed by atoms with E-state index in [0.29, 0.717) is 31.4 Å². The van der Waals surface area contributed by atoms with Gasteiger partial charge in [0.1, 0.15) is 11.6 Å². The number of pyridine rings is 1. The van der Waals surface area contributed by atoms with E-state index in [2.05, 4.69) is 20.6 Å². The first-order valence-electron chi connectivity index (χ1n) is 10.4. The number of aliphatic imine (C=N–C) groups is 1. The largest absolute Gasteiger partial charge is 0.357 e. The van der Waals surface area contributed by atoms with Gasteiger partial charge in [-0.1, -0.05) is 6.07 Å². The zero-order chi connectivity index (χ0) is 22.4. The Balaban J connectivity index is 1.70. The number of aromatic nitrogens is 1. The van der Waals surface area contributed by atoms with Gasteiger partial charge in [-0.25, -0.2) is 18.2 Å². The number of likely N-dealkylation sites (N-methyl/N-ethyl adjacent to an activating group) is 1. The molecule has 2 aromatic rings. The Labute approximate surface area is 181 Å². The minimum atomic E-state index is -0.587. The summed E-state index contributed by atoms with van der Waals surface area (Å²) in [5, 5.41) is 6.53. The van der Waals surface area contributed by atoms with Crippen LogP contribution in [0.2, 0.25) is 0 Å². The van der Waals surface area contributed by atoms with Crippen molar-refractivity contribution in [1.29, 1.82) is 0 Å². The molecule has 2 atom stereocenters. The molecule has 0 saturated carbocycles. The van der Waals surface area contributed by atoms with Gasteiger partial charge in [0, 0.05) is 37.4 Å². The number of nitrogens with one attached hydrogen (secondary N) is 2. The summed E-state index contributed by atoms with van der Waals surface area (Å²) in [6.07, 6.45) is 2.37. The molecule has 168 valence electrons. The Bertz CT molecular complexity index is 884. The maximum absolute atomic E-state index is 14.3. The van der Waals surface area contributed by atoms with E-state index in [9.17, 15) is 13.2 Å². The molecule has 0 aliphatic carbocycles. The summed E-state index contributed by atoms with van der Waals surface area (Å²) in [5.41, 5.74) is 0.00441. The van der Waals surface area contributed by atoms with Crippen molar-refractivity contribution in [2.45, 2.75) is 25.4 Å². The normalized spacial score (nSPS) is 17.8. The zero-order valence-electron chi connectivity index (χ0n) is 18.1. The quantitative estimate of drug-likeness (QED) is 0.519. The molecule has 1 fully saturated rings. The molecule has 1 aliphatic rings. The number of rotatable bonds is 7. The Kier molecular flexibility index (Phi) is 7.73. The maximum Gasteiger partial charge on any atom is 0.191 e. The number of benzene rings is 1. The standard InChI is InChI=1S/C22H29F3N6/c1-4-26-22(28-13-19(30(2)3)20-16(23)7-5-8-17(20)24)29-15-10-12-31(14-15)21-18(25)9-6-11-27-21/h5-9,11,15,19H,4,10,12-14H2,1-3H3,(H2,26,28,29). The summed E-state index contributed by atoms with van der Waals surface area (Å²) in [6, 6.07) is 6.32. The maximum atomic E-state index is 14.3. The lowest BCUT2D eigenvalue weighted by atomic mass is 10.0. The van der Waals surface area contributed by atoms with E-state index in [-0.39, 0.29) is 24.0 Å². The molecule has 1 aromatic carbocycles. The third-order valence-electron chi connectivity index (χ3n) is 5.29. The summed E-state index contributed by atoms with van der Waals surface area (Å²) in [5.74, 6) is -0.619. The van der Waals surface area contributed by atoms with E-state index < -0.39 is 17.7 Å². The van der Waals surface area contributed by atoms with Crippen molar-refractivity contribution >= 4 is 11.8 Å². The van der Waals surface area contributed by atoms with E-state index in [0.717, 1.165) is 6.42 Å². The Morgan fingerprint density at radius 1 is 1.19 bits per heavy atom. The van der Waals surface area contributed by atoms with Gasteiger partial charge in [0.2, 0.25) is 0 Å². The van der Waals surface area contributed by atoms with Gasteiger partial charge >= 0.3 is 0 Å². The average Bonchev–Trinajstić information content (AvgIpc) is 3.18. The highest BCUT2D eigenvalue weighted by Crippen LogP contribution is 2.25. The van der Waals surface area contributed by atoms with Gasteiger partial charge in [0.05, 0.1) is 12.6 Å². The lowest BCUT2D eigenvalue weighted by molar-refractivity contribution is 0.290. The number of anilines is 1. The molecule has 2 heterocycles. The van der Waals surface area contributed by atoms with Crippen LogP contribution in [0.25, 0.3) is 0 Å². The molecular weight excluding hydrogens is 405 g/mol. The summed E-state index contributed by atoms with van der Waals surface area (Å²) < 4.78 is 42.7. The SMILES string of the molecule is CCNC(=NCC(c1c(F)cccc1F)N(C)C)NC1CCN(c2ncccc2F)C1. The number of guanidine groups is 1. The second-order valence-electron chi connectivity index (χ2n) is 7.72. The van der Waals surface area contributed by atoms with Crippen molar-refractivity contribution in [2.24, 2.45) is 4.99 Å². The van der Waals surface area contributed by atoms with Crippen LogP contribution in [0.15, 0.2) is 41.5 Å². The molecule has 31 heavy (non-hydrogen) atoms. The molecular formula is C22H29F3N6. The van der Waals surface area contributed by atoms with Crippen molar-refractivity contribution in [3.05, 3.63) is 59.5 Å². The van der Waals surface area contributed by atoms with Crippen molar-refractivity contribution < 1.29 is 13.2 Å². The van der Waals surface area contributed by atoms with Crippen molar-refractivity contribution in [1.82, 2.24) is 20.5 Å². The lowest BCUT2D eigenvalue weighted by Gasteiger charge is -2.25. The number of hydrogen-bond acceptors (Lipinski definition) is 4. The number of hydrogen-bond donors (Lipinski definition) is 2. The summed E-state index contributed by atoms with van der Waals surface area (Å²) in [4.78, 5) is 12.4. The minimum Gasteiger partial charge on any atom is -0.357 e. The Morgan fingerprint density at radius 3 is 2.55 bits per heavy atom. The van der Waals surface area contributed by atoms with E-state index in [1.165, 1.54) is 24.3 Å². The fraction of sp³-hybridized carbons (Fsp3) is 0.455. The van der Waals surface area contributed by atoms with Crippen LogP contribution in [-0.2, 0) is 0 Å². The minimum absolute atomic E-state index is 0.00441. The van der Waals surface area contributed by atoms with Crippen LogP contribution in [-0.4, -0.2) is 62.2 Å². The van der Waals surface area contributed by atoms with E-state index >= 15 is 0 Å². The first-order chi connectivity index (χ1) is 14.9. The fourth-order valence-corrected chi connectivity index (χ4v) is 3.71. The molecule has 0 bridgehead atoms. The third-order valence-corrected chi connectivity index (χ3v) is 5.29. The molecule has 2 unspecified atom stereocenters. The first-order valence-corrected chi connectivity index (χ1v) is 10.4. The molecule has 2 N–H and O–H groups in total. The highest BCUT2D eigenvalue weighted by Gasteiger charge is 2.26. The first kappa shape index (κ1) is 22.9. The van der Waals surface area contributed by atoms with Crippen LogP contribution < -0.4 is 15.5 Å². The van der Waals surface area contributed by atoms with Gasteiger partial charge in [-0.2, -0.15) is 0 Å². The van der Waals surface area contributed by atoms with Gasteiger partial charge < -0.3 is 20.4 Å². The van der Waals surface area contributed by atoms with Gasteiger partial charge in [-0.15, -0.1) is 0 Å². The fourth-order valence-electron chi connectivity index (χ4n) is 3.71. The highest BCUT2D eigenvalue weighted by atomic mass is 19.1. The van der Waals surface area contributed by atoms with Crippen molar-refractivity contribution in [2.75, 3.05) is 45.2 Å². The molecule has 9 heteroatoms. The number of nitrogens with zero attached hydrogens (tertiary/aromatic N) is 4. The second kappa shape index (κ2) is 10.5. The van der Waals surface area contributed by atoms with E-state index in [1.54, 1.807) is 31.3 Å². The van der Waals surface area contributed by atoms with Crippen LogP contribution in [0, 0.1) is 17.5 Å². The molecule has 3 rings (SSSR count). The summed E-state index contributed by atoms with van der Waals surface area (Å²) in [6.45, 7) is 4.01. The van der Waals surface area contributed by atoms with E-state index in [4.69, 9.17) is 0 Å². The number of halogens is 3. The summed E-state index contributed by atoms with van der Waals surface area (Å²) in [7, 11) is 3.53. The predicted molar refractivity (Wildman–Crippen MR) is 117 cm³/mol. The predicted octanol–water partition coefficient (Wildman–Crippen LogP) is 2.94. The van der Waals surface area contributed by atoms with Crippen molar-refractivity contribution in [3.8, 4) is 0 Å². The molecule has 0 spiro atoms. The van der Waals surface area contributed by atoms with Gasteiger partial charge in [-0.3, -0.25) is 4.99 Å². The molecule has 0 radical (unpaired) electrons.